The summed E-state index contributed by atoms with van der Waals surface area (Å²) in [5, 5.41) is 11.8. The third-order valence-electron chi connectivity index (χ3n) is 8.90. The molecule has 1 aliphatic carbocycles. The van der Waals surface area contributed by atoms with Gasteiger partial charge in [0, 0.05) is 46.5 Å². The van der Waals surface area contributed by atoms with Crippen molar-refractivity contribution >= 4 is 38.5 Å². The number of rotatable bonds is 5. The fraction of sp³-hybridized carbons (Fsp3) is 0.393. The van der Waals surface area contributed by atoms with Crippen molar-refractivity contribution in [2.45, 2.75) is 67.8 Å². The minimum atomic E-state index is -3.75. The fourth-order valence-corrected chi connectivity index (χ4v) is 9.21. The van der Waals surface area contributed by atoms with Crippen molar-refractivity contribution in [2.75, 3.05) is 12.0 Å². The van der Waals surface area contributed by atoms with E-state index < -0.39 is 9.84 Å². The number of carbonyl (C=O) groups excluding carboxylic acids is 1. The number of pyridine rings is 1. The van der Waals surface area contributed by atoms with Crippen LogP contribution in [0.1, 0.15) is 64.9 Å². The Kier molecular flexibility index (Phi) is 5.92. The number of nitrogens with zero attached hydrogens (tertiary/aromatic N) is 8. The maximum Gasteiger partial charge on any atom is 0.291 e. The van der Waals surface area contributed by atoms with Crippen LogP contribution in [0.25, 0.3) is 27.5 Å². The molecule has 15 heteroatoms. The van der Waals surface area contributed by atoms with Crippen LogP contribution in [0.3, 0.4) is 0 Å². The van der Waals surface area contributed by atoms with Crippen LogP contribution in [-0.2, 0) is 22.7 Å². The second-order valence-corrected chi connectivity index (χ2v) is 14.6. The molecular weight excluding hydrogens is 589 g/mol. The van der Waals surface area contributed by atoms with Gasteiger partial charge in [0.1, 0.15) is 22.0 Å². The summed E-state index contributed by atoms with van der Waals surface area (Å²) in [5.74, 6) is -0.156. The Bertz CT molecular complexity index is 1960. The summed E-state index contributed by atoms with van der Waals surface area (Å²) in [5.41, 5.74) is 10.9. The monoisotopic (exact) mass is 616 g/mol. The molecule has 0 saturated carbocycles. The van der Waals surface area contributed by atoms with E-state index in [-0.39, 0.29) is 40.4 Å². The molecule has 2 fully saturated rings. The minimum Gasteiger partial charge on any atom is -0.382 e. The largest absolute Gasteiger partial charge is 0.382 e. The number of nitrogens with one attached hydrogen (secondary N) is 1. The molecule has 8 rings (SSSR count). The number of hydrogen-bond donors (Lipinski definition) is 2. The van der Waals surface area contributed by atoms with E-state index in [1.165, 1.54) is 21.4 Å². The second-order valence-electron chi connectivity index (χ2n) is 11.6. The Morgan fingerprint density at radius 2 is 1.91 bits per heavy atom. The molecule has 220 valence electrons. The second kappa shape index (κ2) is 9.64. The van der Waals surface area contributed by atoms with Crippen LogP contribution in [0.15, 0.2) is 35.7 Å². The first-order chi connectivity index (χ1) is 20.8. The van der Waals surface area contributed by atoms with E-state index in [1.54, 1.807) is 23.7 Å². The number of fused-ring (bicyclic) bond motifs is 4. The molecule has 43 heavy (non-hydrogen) atoms. The fourth-order valence-electron chi connectivity index (χ4n) is 7.02. The topological polar surface area (TPSA) is 178 Å². The normalized spacial score (nSPS) is 21.5. The van der Waals surface area contributed by atoms with E-state index in [1.807, 2.05) is 17.0 Å². The van der Waals surface area contributed by atoms with E-state index in [9.17, 15) is 13.2 Å². The van der Waals surface area contributed by atoms with Gasteiger partial charge in [-0.15, -0.1) is 11.3 Å². The third kappa shape index (κ3) is 4.24. The summed E-state index contributed by atoms with van der Waals surface area (Å²) in [7, 11) is -3.75. The zero-order valence-corrected chi connectivity index (χ0v) is 24.9. The van der Waals surface area contributed by atoms with Crippen molar-refractivity contribution in [3.63, 3.8) is 0 Å². The SMILES string of the molecule is CS(=O)(=O)c1c(C2C[C@@H]3CC[C@@H](C2)N3C(=O)c2ncn[nH]2)nc2c(-c3ccc(-c4nc5c(s4)CCC5)nc3)cnn2c1N. The van der Waals surface area contributed by atoms with Crippen LogP contribution >= 0.6 is 11.3 Å². The zero-order valence-electron chi connectivity index (χ0n) is 23.3. The lowest BCUT2D eigenvalue weighted by Crippen LogP contribution is -2.46. The first kappa shape index (κ1) is 26.4. The highest BCUT2D eigenvalue weighted by molar-refractivity contribution is 7.91. The van der Waals surface area contributed by atoms with Crippen molar-refractivity contribution in [3.8, 4) is 21.8 Å². The smallest absolute Gasteiger partial charge is 0.291 e. The predicted molar refractivity (Wildman–Crippen MR) is 158 cm³/mol. The van der Waals surface area contributed by atoms with E-state index in [2.05, 4.69) is 20.3 Å². The van der Waals surface area contributed by atoms with Crippen molar-refractivity contribution in [1.29, 1.82) is 0 Å². The van der Waals surface area contributed by atoms with Gasteiger partial charge in [-0.25, -0.2) is 23.4 Å². The summed E-state index contributed by atoms with van der Waals surface area (Å²) in [6.45, 7) is 0. The lowest BCUT2D eigenvalue weighted by atomic mass is 9.87. The van der Waals surface area contributed by atoms with Crippen LogP contribution in [0.2, 0.25) is 0 Å². The summed E-state index contributed by atoms with van der Waals surface area (Å²) in [4.78, 5) is 34.9. The highest BCUT2D eigenvalue weighted by Crippen LogP contribution is 2.45. The molecule has 0 aromatic carbocycles. The van der Waals surface area contributed by atoms with Crippen LogP contribution in [-0.4, -0.2) is 77.3 Å². The van der Waals surface area contributed by atoms with Crippen LogP contribution in [0.5, 0.6) is 0 Å². The van der Waals surface area contributed by atoms with Gasteiger partial charge >= 0.3 is 0 Å². The number of hydrogen-bond acceptors (Lipinski definition) is 11. The highest BCUT2D eigenvalue weighted by Gasteiger charge is 2.46. The maximum atomic E-state index is 13.2. The molecule has 13 nitrogen and oxygen atoms in total. The van der Waals surface area contributed by atoms with Crippen molar-refractivity contribution < 1.29 is 13.2 Å². The lowest BCUT2D eigenvalue weighted by Gasteiger charge is -2.38. The number of anilines is 1. The Balaban J connectivity index is 1.17. The van der Waals surface area contributed by atoms with E-state index in [4.69, 9.17) is 20.7 Å². The number of amides is 1. The molecule has 3 aliphatic rings. The Hall–Kier alpha value is -4.24. The molecule has 0 radical (unpaired) electrons. The number of H-pyrrole nitrogens is 1. The van der Waals surface area contributed by atoms with Gasteiger partial charge in [0.25, 0.3) is 5.91 Å². The van der Waals surface area contributed by atoms with Gasteiger partial charge in [0.15, 0.2) is 15.5 Å². The summed E-state index contributed by atoms with van der Waals surface area (Å²) < 4.78 is 27.6. The number of nitrogen functional groups attached to an aromatic ring is 1. The molecule has 3 N–H and O–H groups in total. The number of carbonyl (C=O) groups is 1. The molecular formula is C28H28N10O3S2. The summed E-state index contributed by atoms with van der Waals surface area (Å²) in [6.07, 6.45) is 11.9. The standard InChI is InChI=1S/C28H28N10O3S2/c1-43(40,41)23-22(15-9-16-6-7-17(10-15)37(16)28(39)25-31-13-32-36-25)35-26-18(12-33-38(26)24(23)29)14-5-8-20(30-11-14)27-34-19-3-2-4-21(19)42-27/h5,8,11-13,15-17H,2-4,6-7,9-10,29H2,1H3,(H,31,32,36)/t16-,17-/m0/s1. The minimum absolute atomic E-state index is 0.000600. The number of aromatic amines is 1. The molecule has 5 aromatic rings. The van der Waals surface area contributed by atoms with E-state index >= 15 is 0 Å². The van der Waals surface area contributed by atoms with Gasteiger partial charge < -0.3 is 10.6 Å². The van der Waals surface area contributed by atoms with Crippen molar-refractivity contribution in [2.24, 2.45) is 0 Å². The number of thiazole rings is 1. The maximum absolute atomic E-state index is 13.2. The molecule has 2 bridgehead atoms. The summed E-state index contributed by atoms with van der Waals surface area (Å²) >= 11 is 1.70. The predicted octanol–water partition coefficient (Wildman–Crippen LogP) is 3.06. The first-order valence-electron chi connectivity index (χ1n) is 14.3. The van der Waals surface area contributed by atoms with Gasteiger partial charge in [0.05, 0.1) is 23.3 Å². The van der Waals surface area contributed by atoms with Crippen molar-refractivity contribution in [1.82, 2.24) is 44.6 Å². The average molecular weight is 617 g/mol. The number of piperidine rings is 1. The number of sulfone groups is 1. The average Bonchev–Trinajstić information content (AvgIpc) is 3.81. The molecule has 0 unspecified atom stereocenters. The number of nitrogens with two attached hydrogens (primary N) is 1. The summed E-state index contributed by atoms with van der Waals surface area (Å²) in [6, 6.07) is 3.77. The zero-order chi connectivity index (χ0) is 29.5. The van der Waals surface area contributed by atoms with Gasteiger partial charge in [-0.2, -0.15) is 14.7 Å². The van der Waals surface area contributed by atoms with E-state index in [0.29, 0.717) is 29.7 Å². The van der Waals surface area contributed by atoms with Gasteiger partial charge in [-0.3, -0.25) is 14.9 Å². The van der Waals surface area contributed by atoms with Crippen LogP contribution in [0.4, 0.5) is 5.82 Å². The van der Waals surface area contributed by atoms with Gasteiger partial charge in [-0.1, -0.05) is 6.07 Å². The van der Waals surface area contributed by atoms with Gasteiger partial charge in [-0.05, 0) is 51.0 Å². The highest BCUT2D eigenvalue weighted by atomic mass is 32.2. The molecule has 0 spiro atoms. The first-order valence-corrected chi connectivity index (χ1v) is 17.0. The molecule has 1 amide bonds. The quantitative estimate of drug-likeness (QED) is 0.298. The lowest BCUT2D eigenvalue weighted by molar-refractivity contribution is 0.0556. The molecule has 2 aliphatic heterocycles. The molecule has 2 saturated heterocycles. The molecule has 5 aromatic heterocycles. The molecule has 2 atom stereocenters. The van der Waals surface area contributed by atoms with Crippen molar-refractivity contribution in [3.05, 3.63) is 52.9 Å². The number of aromatic nitrogens is 8. The Morgan fingerprint density at radius 1 is 1.09 bits per heavy atom. The van der Waals surface area contributed by atoms with Crippen LogP contribution in [0, 0.1) is 0 Å². The van der Waals surface area contributed by atoms with Gasteiger partial charge in [0.2, 0.25) is 5.82 Å². The molecule has 7 heterocycles. The van der Waals surface area contributed by atoms with Crippen LogP contribution < -0.4 is 5.73 Å². The Labute approximate surface area is 250 Å². The third-order valence-corrected chi connectivity index (χ3v) is 11.2. The van der Waals surface area contributed by atoms with E-state index in [0.717, 1.165) is 54.6 Å². The number of aryl methyl sites for hydroxylation is 2. The Morgan fingerprint density at radius 3 is 2.58 bits per heavy atom.